The molecule has 0 bridgehead atoms. The normalized spacial score (nSPS) is 23.1. The molecule has 92 valence electrons. The molecule has 3 nitrogen and oxygen atoms in total. The summed E-state index contributed by atoms with van der Waals surface area (Å²) in [5, 5.41) is 1.05. The number of thiazole rings is 1. The van der Waals surface area contributed by atoms with Gasteiger partial charge in [-0.25, -0.2) is 4.98 Å². The average Bonchev–Trinajstić information content (AvgIpc) is 2.94. The summed E-state index contributed by atoms with van der Waals surface area (Å²) in [4.78, 5) is 19.1. The number of anilines is 1. The second kappa shape index (κ2) is 3.80. The van der Waals surface area contributed by atoms with Gasteiger partial charge in [-0.15, -0.1) is 0 Å². The first kappa shape index (κ1) is 11.2. The second-order valence-corrected chi connectivity index (χ2v) is 6.71. The quantitative estimate of drug-likeness (QED) is 0.772. The summed E-state index contributed by atoms with van der Waals surface area (Å²) in [6.45, 7) is 5.60. The molecule has 2 fully saturated rings. The summed E-state index contributed by atoms with van der Waals surface area (Å²) < 4.78 is 0. The van der Waals surface area contributed by atoms with Gasteiger partial charge < -0.3 is 4.90 Å². The smallest absolute Gasteiger partial charge is 0.186 e. The van der Waals surface area contributed by atoms with E-state index < -0.39 is 0 Å². The lowest BCUT2D eigenvalue weighted by Gasteiger charge is -2.31. The first-order valence-corrected chi connectivity index (χ1v) is 7.17. The van der Waals surface area contributed by atoms with Gasteiger partial charge >= 0.3 is 0 Å². The minimum atomic E-state index is 0.193. The third-order valence-electron chi connectivity index (χ3n) is 3.87. The van der Waals surface area contributed by atoms with Gasteiger partial charge in [0.1, 0.15) is 0 Å². The van der Waals surface area contributed by atoms with Crippen LogP contribution in [0.5, 0.6) is 0 Å². The maximum Gasteiger partial charge on any atom is 0.186 e. The molecule has 1 aliphatic heterocycles. The van der Waals surface area contributed by atoms with Crippen molar-refractivity contribution < 1.29 is 4.79 Å². The number of aldehydes is 1. The van der Waals surface area contributed by atoms with Crippen LogP contribution in [0.1, 0.15) is 60.8 Å². The van der Waals surface area contributed by atoms with E-state index in [2.05, 4.69) is 18.7 Å². The van der Waals surface area contributed by atoms with Gasteiger partial charge in [0.2, 0.25) is 0 Å². The molecular formula is C13H18N2OS. The van der Waals surface area contributed by atoms with E-state index in [0.29, 0.717) is 5.92 Å². The molecule has 0 spiro atoms. The van der Waals surface area contributed by atoms with Crippen molar-refractivity contribution in [3.8, 4) is 0 Å². The second-order valence-electron chi connectivity index (χ2n) is 5.71. The fourth-order valence-corrected chi connectivity index (χ4v) is 3.80. The Morgan fingerprint density at radius 1 is 1.47 bits per heavy atom. The molecule has 17 heavy (non-hydrogen) atoms. The Kier molecular flexibility index (Phi) is 2.51. The van der Waals surface area contributed by atoms with Crippen LogP contribution in [0.2, 0.25) is 0 Å². The van der Waals surface area contributed by atoms with E-state index in [1.165, 1.54) is 25.7 Å². The minimum Gasteiger partial charge on any atom is -0.343 e. The molecule has 3 rings (SSSR count). The highest BCUT2D eigenvalue weighted by Gasteiger charge is 2.36. The Morgan fingerprint density at radius 2 is 2.24 bits per heavy atom. The van der Waals surface area contributed by atoms with Crippen LogP contribution in [-0.4, -0.2) is 23.4 Å². The fraction of sp³-hybridized carbons (Fsp3) is 0.692. The summed E-state index contributed by atoms with van der Waals surface area (Å²) in [6.07, 6.45) is 5.82. The highest BCUT2D eigenvalue weighted by molar-refractivity contribution is 7.17. The third kappa shape index (κ3) is 1.88. The zero-order valence-electron chi connectivity index (χ0n) is 10.4. The Balaban J connectivity index is 1.95. The Morgan fingerprint density at radius 3 is 2.76 bits per heavy atom. The molecule has 0 atom stereocenters. The lowest BCUT2D eigenvalue weighted by atomic mass is 10.0. The number of aromatic nitrogens is 1. The van der Waals surface area contributed by atoms with Crippen molar-refractivity contribution in [3.05, 3.63) is 10.6 Å². The molecule has 4 heteroatoms. The minimum absolute atomic E-state index is 0.193. The number of carbonyl (C=O) groups is 1. The zero-order chi connectivity index (χ0) is 12.0. The Hall–Kier alpha value is -0.900. The molecule has 2 heterocycles. The standard InChI is InChI=1S/C13H18N2OS/c1-13(2)6-3-7-15(13)12-14-11(9-4-5-9)10(8-16)17-12/h8-9H,3-7H2,1-2H3. The van der Waals surface area contributed by atoms with Crippen molar-refractivity contribution in [2.45, 2.75) is 51.0 Å². The third-order valence-corrected chi connectivity index (χ3v) is 4.89. The highest BCUT2D eigenvalue weighted by atomic mass is 32.1. The van der Waals surface area contributed by atoms with Crippen LogP contribution in [0.3, 0.4) is 0 Å². The maximum atomic E-state index is 11.1. The molecule has 0 amide bonds. The number of nitrogens with zero attached hydrogens (tertiary/aromatic N) is 2. The van der Waals surface area contributed by atoms with E-state index in [4.69, 9.17) is 4.98 Å². The van der Waals surface area contributed by atoms with Gasteiger partial charge in [-0.3, -0.25) is 4.79 Å². The monoisotopic (exact) mass is 250 g/mol. The summed E-state index contributed by atoms with van der Waals surface area (Å²) in [5.41, 5.74) is 1.25. The largest absolute Gasteiger partial charge is 0.343 e. The number of carbonyl (C=O) groups excluding carboxylic acids is 1. The van der Waals surface area contributed by atoms with Crippen molar-refractivity contribution in [1.29, 1.82) is 0 Å². The summed E-state index contributed by atoms with van der Waals surface area (Å²) in [5.74, 6) is 0.561. The SMILES string of the molecule is CC1(C)CCCN1c1nc(C2CC2)c(C=O)s1. The van der Waals surface area contributed by atoms with Gasteiger partial charge in [-0.1, -0.05) is 11.3 Å². The number of rotatable bonds is 3. The topological polar surface area (TPSA) is 33.2 Å². The molecule has 0 unspecified atom stereocenters. The van der Waals surface area contributed by atoms with Gasteiger partial charge in [0.15, 0.2) is 11.4 Å². The van der Waals surface area contributed by atoms with Crippen molar-refractivity contribution >= 4 is 22.8 Å². The lowest BCUT2D eigenvalue weighted by Crippen LogP contribution is -2.38. The van der Waals surface area contributed by atoms with Crippen LogP contribution in [-0.2, 0) is 0 Å². The van der Waals surface area contributed by atoms with Crippen molar-refractivity contribution in [1.82, 2.24) is 4.98 Å². The Labute approximate surface area is 106 Å². The molecule has 0 N–H and O–H groups in total. The van der Waals surface area contributed by atoms with E-state index in [-0.39, 0.29) is 5.54 Å². The van der Waals surface area contributed by atoms with Gasteiger partial charge in [-0.2, -0.15) is 0 Å². The molecule has 2 aliphatic rings. The first-order valence-electron chi connectivity index (χ1n) is 6.35. The summed E-state index contributed by atoms with van der Waals surface area (Å²) in [7, 11) is 0. The lowest BCUT2D eigenvalue weighted by molar-refractivity contribution is 0.112. The molecule has 1 aliphatic carbocycles. The molecule has 1 saturated heterocycles. The van der Waals surface area contributed by atoms with Gasteiger partial charge in [0.25, 0.3) is 0 Å². The van der Waals surface area contributed by atoms with Crippen LogP contribution in [0.4, 0.5) is 5.13 Å². The zero-order valence-corrected chi connectivity index (χ0v) is 11.2. The van der Waals surface area contributed by atoms with E-state index in [0.717, 1.165) is 28.5 Å². The van der Waals surface area contributed by atoms with E-state index >= 15 is 0 Å². The predicted octanol–water partition coefficient (Wildman–Crippen LogP) is 3.21. The van der Waals surface area contributed by atoms with Crippen LogP contribution in [0.15, 0.2) is 0 Å². The molecule has 1 aromatic rings. The van der Waals surface area contributed by atoms with Crippen molar-refractivity contribution in [3.63, 3.8) is 0 Å². The fourth-order valence-electron chi connectivity index (χ4n) is 2.64. The van der Waals surface area contributed by atoms with Crippen LogP contribution in [0.25, 0.3) is 0 Å². The number of hydrogen-bond donors (Lipinski definition) is 0. The van der Waals surface area contributed by atoms with Crippen LogP contribution < -0.4 is 4.90 Å². The molecular weight excluding hydrogens is 232 g/mol. The van der Waals surface area contributed by atoms with E-state index in [9.17, 15) is 4.79 Å². The van der Waals surface area contributed by atoms with Gasteiger partial charge in [-0.05, 0) is 39.5 Å². The van der Waals surface area contributed by atoms with E-state index in [1.54, 1.807) is 11.3 Å². The van der Waals surface area contributed by atoms with Crippen molar-refractivity contribution in [2.24, 2.45) is 0 Å². The molecule has 0 radical (unpaired) electrons. The van der Waals surface area contributed by atoms with Gasteiger partial charge in [0.05, 0.1) is 10.6 Å². The van der Waals surface area contributed by atoms with Crippen LogP contribution in [0, 0.1) is 0 Å². The highest BCUT2D eigenvalue weighted by Crippen LogP contribution is 2.45. The predicted molar refractivity (Wildman–Crippen MR) is 70.1 cm³/mol. The maximum absolute atomic E-state index is 11.1. The molecule has 1 saturated carbocycles. The number of hydrogen-bond acceptors (Lipinski definition) is 4. The van der Waals surface area contributed by atoms with Crippen LogP contribution >= 0.6 is 11.3 Å². The summed E-state index contributed by atoms with van der Waals surface area (Å²) in [6, 6.07) is 0. The Bertz CT molecular complexity index is 448. The molecule has 0 aromatic carbocycles. The van der Waals surface area contributed by atoms with Gasteiger partial charge in [0, 0.05) is 18.0 Å². The summed E-state index contributed by atoms with van der Waals surface area (Å²) >= 11 is 1.57. The molecule has 1 aromatic heterocycles. The first-order chi connectivity index (χ1) is 8.12. The van der Waals surface area contributed by atoms with Crippen molar-refractivity contribution in [2.75, 3.05) is 11.4 Å². The average molecular weight is 250 g/mol. The van der Waals surface area contributed by atoms with E-state index in [1.807, 2.05) is 0 Å².